The molecular weight excluding hydrogens is 408 g/mol. The fourth-order valence-electron chi connectivity index (χ4n) is 3.44. The van der Waals surface area contributed by atoms with E-state index >= 15 is 0 Å². The van der Waals surface area contributed by atoms with Crippen molar-refractivity contribution in [2.75, 3.05) is 0 Å². The predicted molar refractivity (Wildman–Crippen MR) is 123 cm³/mol. The lowest BCUT2D eigenvalue weighted by atomic mass is 10.1. The molecule has 0 fully saturated rings. The second-order valence-corrected chi connectivity index (χ2v) is 8.49. The highest BCUT2D eigenvalue weighted by atomic mass is 32.1. The maximum absolute atomic E-state index is 12.7. The summed E-state index contributed by atoms with van der Waals surface area (Å²) in [6.45, 7) is 4.49. The smallest absolute Gasteiger partial charge is 0.251 e. The fraction of sp³-hybridized carbons (Fsp3) is 0.208. The molecule has 2 amide bonds. The van der Waals surface area contributed by atoms with Crippen LogP contribution < -0.4 is 10.6 Å². The predicted octanol–water partition coefficient (Wildman–Crippen LogP) is 4.21. The maximum atomic E-state index is 12.7. The molecule has 1 unspecified atom stereocenters. The molecule has 2 aromatic carbocycles. The average Bonchev–Trinajstić information content (AvgIpc) is 3.41. The second kappa shape index (κ2) is 9.14. The number of hydrogen-bond acceptors (Lipinski definition) is 4. The fourth-order valence-corrected chi connectivity index (χ4v) is 4.08. The lowest BCUT2D eigenvalue weighted by molar-refractivity contribution is -0.121. The van der Waals surface area contributed by atoms with Gasteiger partial charge in [0.05, 0.1) is 23.6 Å². The van der Waals surface area contributed by atoms with Crippen LogP contribution in [0.2, 0.25) is 0 Å². The van der Waals surface area contributed by atoms with E-state index in [9.17, 15) is 9.59 Å². The van der Waals surface area contributed by atoms with E-state index in [0.29, 0.717) is 17.9 Å². The van der Waals surface area contributed by atoms with E-state index in [4.69, 9.17) is 4.98 Å². The highest BCUT2D eigenvalue weighted by Crippen LogP contribution is 2.21. The van der Waals surface area contributed by atoms with Gasteiger partial charge in [0, 0.05) is 10.4 Å². The minimum atomic E-state index is -0.369. The van der Waals surface area contributed by atoms with Gasteiger partial charge in [0.25, 0.3) is 5.91 Å². The Labute approximate surface area is 184 Å². The molecule has 0 radical (unpaired) electrons. The number of rotatable bonds is 7. The van der Waals surface area contributed by atoms with Crippen molar-refractivity contribution in [2.24, 2.45) is 0 Å². The standard InChI is InChI=1S/C24H24N4O2S/c1-16-9-11-18(12-10-16)24(30)26-17(2)23-27-20-7-3-4-8-21(20)28(23)15-22(29)25-14-19-6-5-13-31-19/h3-13,17H,14-15H2,1-2H3,(H,25,29)(H,26,30). The number of amides is 2. The first-order chi connectivity index (χ1) is 15.0. The summed E-state index contributed by atoms with van der Waals surface area (Å²) in [6.07, 6.45) is 0. The zero-order valence-corrected chi connectivity index (χ0v) is 18.3. The summed E-state index contributed by atoms with van der Waals surface area (Å²) < 4.78 is 1.87. The maximum Gasteiger partial charge on any atom is 0.251 e. The van der Waals surface area contributed by atoms with Crippen LogP contribution in [0.5, 0.6) is 0 Å². The minimum absolute atomic E-state index is 0.102. The Kier molecular flexibility index (Phi) is 6.13. The molecule has 0 saturated heterocycles. The molecule has 0 bridgehead atoms. The van der Waals surface area contributed by atoms with Gasteiger partial charge in [-0.2, -0.15) is 0 Å². The average molecular weight is 433 g/mol. The largest absolute Gasteiger partial charge is 0.350 e. The summed E-state index contributed by atoms with van der Waals surface area (Å²) in [6, 6.07) is 18.7. The van der Waals surface area contributed by atoms with Gasteiger partial charge in [-0.3, -0.25) is 9.59 Å². The third-order valence-corrected chi connectivity index (χ3v) is 5.95. The SMILES string of the molecule is Cc1ccc(C(=O)NC(C)c2nc3ccccc3n2CC(=O)NCc2cccs2)cc1. The number of nitrogens with one attached hydrogen (secondary N) is 2. The van der Waals surface area contributed by atoms with Crippen LogP contribution in [0.15, 0.2) is 66.0 Å². The van der Waals surface area contributed by atoms with E-state index in [1.165, 1.54) is 0 Å². The first kappa shape index (κ1) is 20.8. The van der Waals surface area contributed by atoms with E-state index in [1.54, 1.807) is 23.5 Å². The molecule has 0 aliphatic carbocycles. The molecule has 31 heavy (non-hydrogen) atoms. The highest BCUT2D eigenvalue weighted by molar-refractivity contribution is 7.09. The Morgan fingerprint density at radius 1 is 1.06 bits per heavy atom. The number of para-hydroxylation sites is 2. The first-order valence-electron chi connectivity index (χ1n) is 10.1. The number of carbonyl (C=O) groups is 2. The van der Waals surface area contributed by atoms with Crippen LogP contribution in [-0.4, -0.2) is 21.4 Å². The number of fused-ring (bicyclic) bond motifs is 1. The summed E-state index contributed by atoms with van der Waals surface area (Å²) in [7, 11) is 0. The van der Waals surface area contributed by atoms with Gasteiger partial charge in [0.15, 0.2) is 0 Å². The Hall–Kier alpha value is -3.45. The third kappa shape index (κ3) is 4.83. The molecule has 0 aliphatic rings. The van der Waals surface area contributed by atoms with Crippen molar-refractivity contribution in [3.63, 3.8) is 0 Å². The minimum Gasteiger partial charge on any atom is -0.350 e. The molecule has 0 aliphatic heterocycles. The number of imidazole rings is 1. The van der Waals surface area contributed by atoms with Gasteiger partial charge >= 0.3 is 0 Å². The van der Waals surface area contributed by atoms with Crippen molar-refractivity contribution in [2.45, 2.75) is 33.0 Å². The number of benzene rings is 2. The molecule has 0 spiro atoms. The molecule has 2 heterocycles. The van der Waals surface area contributed by atoms with Gasteiger partial charge in [-0.1, -0.05) is 35.9 Å². The number of thiophene rings is 1. The number of nitrogens with zero attached hydrogens (tertiary/aromatic N) is 2. The summed E-state index contributed by atoms with van der Waals surface area (Å²) in [5, 5.41) is 7.96. The van der Waals surface area contributed by atoms with Crippen LogP contribution >= 0.6 is 11.3 Å². The summed E-state index contributed by atoms with van der Waals surface area (Å²) >= 11 is 1.61. The van der Waals surface area contributed by atoms with Gasteiger partial charge in [-0.25, -0.2) is 4.98 Å². The van der Waals surface area contributed by atoms with Crippen LogP contribution in [0.3, 0.4) is 0 Å². The normalized spacial score (nSPS) is 11.9. The Balaban J connectivity index is 1.54. The van der Waals surface area contributed by atoms with Crippen molar-refractivity contribution in [1.29, 1.82) is 0 Å². The summed E-state index contributed by atoms with van der Waals surface area (Å²) in [5.74, 6) is 0.371. The molecule has 2 aromatic heterocycles. The van der Waals surface area contributed by atoms with Crippen molar-refractivity contribution in [3.05, 3.63) is 87.9 Å². The lowest BCUT2D eigenvalue weighted by Crippen LogP contribution is -2.31. The van der Waals surface area contributed by atoms with Crippen molar-refractivity contribution >= 4 is 34.2 Å². The van der Waals surface area contributed by atoms with Crippen LogP contribution in [0.25, 0.3) is 11.0 Å². The van der Waals surface area contributed by atoms with Crippen molar-refractivity contribution in [3.8, 4) is 0 Å². The summed E-state index contributed by atoms with van der Waals surface area (Å²) in [4.78, 5) is 31.2. The zero-order chi connectivity index (χ0) is 21.8. The highest BCUT2D eigenvalue weighted by Gasteiger charge is 2.20. The molecule has 4 rings (SSSR count). The Bertz CT molecular complexity index is 1200. The molecular formula is C24H24N4O2S. The summed E-state index contributed by atoms with van der Waals surface area (Å²) in [5.41, 5.74) is 3.34. The number of aryl methyl sites for hydroxylation is 1. The van der Waals surface area contributed by atoms with Gasteiger partial charge in [0.2, 0.25) is 5.91 Å². The Morgan fingerprint density at radius 3 is 2.58 bits per heavy atom. The molecule has 1 atom stereocenters. The van der Waals surface area contributed by atoms with Crippen LogP contribution in [0, 0.1) is 6.92 Å². The van der Waals surface area contributed by atoms with E-state index in [-0.39, 0.29) is 24.4 Å². The van der Waals surface area contributed by atoms with Gasteiger partial charge in [0.1, 0.15) is 12.4 Å². The lowest BCUT2D eigenvalue weighted by Gasteiger charge is -2.16. The second-order valence-electron chi connectivity index (χ2n) is 7.46. The van der Waals surface area contributed by atoms with E-state index in [0.717, 1.165) is 21.5 Å². The quantitative estimate of drug-likeness (QED) is 0.459. The molecule has 2 N–H and O–H groups in total. The number of aromatic nitrogens is 2. The number of carbonyl (C=O) groups excluding carboxylic acids is 2. The van der Waals surface area contributed by atoms with Crippen LogP contribution in [-0.2, 0) is 17.9 Å². The molecule has 6 nitrogen and oxygen atoms in total. The Morgan fingerprint density at radius 2 is 1.84 bits per heavy atom. The first-order valence-corrected chi connectivity index (χ1v) is 11.0. The van der Waals surface area contributed by atoms with E-state index in [2.05, 4.69) is 10.6 Å². The molecule has 0 saturated carbocycles. The van der Waals surface area contributed by atoms with E-state index in [1.807, 2.05) is 72.3 Å². The van der Waals surface area contributed by atoms with Crippen LogP contribution in [0.1, 0.15) is 39.6 Å². The van der Waals surface area contributed by atoms with Gasteiger partial charge in [-0.15, -0.1) is 11.3 Å². The third-order valence-electron chi connectivity index (χ3n) is 5.07. The van der Waals surface area contributed by atoms with Gasteiger partial charge < -0.3 is 15.2 Å². The zero-order valence-electron chi connectivity index (χ0n) is 17.5. The topological polar surface area (TPSA) is 76.0 Å². The molecule has 4 aromatic rings. The van der Waals surface area contributed by atoms with Crippen molar-refractivity contribution in [1.82, 2.24) is 20.2 Å². The van der Waals surface area contributed by atoms with E-state index < -0.39 is 0 Å². The van der Waals surface area contributed by atoms with Gasteiger partial charge in [-0.05, 0) is 49.6 Å². The van der Waals surface area contributed by atoms with Crippen LogP contribution in [0.4, 0.5) is 0 Å². The monoisotopic (exact) mass is 432 g/mol. The molecule has 7 heteroatoms. The number of hydrogen-bond donors (Lipinski definition) is 2. The van der Waals surface area contributed by atoms with Crippen molar-refractivity contribution < 1.29 is 9.59 Å². The molecule has 158 valence electrons.